The maximum absolute atomic E-state index is 12.2. The fraction of sp³-hybridized carbons (Fsp3) is 0.579. The predicted octanol–water partition coefficient (Wildman–Crippen LogP) is 3.60. The number of anilines is 1. The summed E-state index contributed by atoms with van der Waals surface area (Å²) < 4.78 is 5.03. The van der Waals surface area contributed by atoms with Gasteiger partial charge in [-0.05, 0) is 30.9 Å². The van der Waals surface area contributed by atoms with Gasteiger partial charge in [-0.15, -0.1) is 0 Å². The molecule has 1 heterocycles. The van der Waals surface area contributed by atoms with Gasteiger partial charge in [-0.25, -0.2) is 4.79 Å². The van der Waals surface area contributed by atoms with Crippen LogP contribution in [0.4, 0.5) is 11.4 Å². The van der Waals surface area contributed by atoms with E-state index in [1.54, 1.807) is 26.8 Å². The summed E-state index contributed by atoms with van der Waals surface area (Å²) >= 11 is 0. The minimum absolute atomic E-state index is 0.0761. The second kappa shape index (κ2) is 7.85. The molecule has 0 N–H and O–H groups in total. The Morgan fingerprint density at radius 1 is 1.35 bits per heavy atom. The smallest absolute Gasteiger partial charge is 0.338 e. The van der Waals surface area contributed by atoms with Gasteiger partial charge in [0.1, 0.15) is 5.69 Å². The molecule has 7 heteroatoms. The van der Waals surface area contributed by atoms with Crippen molar-refractivity contribution in [3.05, 3.63) is 33.9 Å². The zero-order chi connectivity index (χ0) is 19.5. The molecule has 1 aromatic rings. The Morgan fingerprint density at radius 2 is 2.04 bits per heavy atom. The van der Waals surface area contributed by atoms with Crippen LogP contribution in [0, 0.1) is 21.4 Å². The molecular formula is C19H26N2O5. The Morgan fingerprint density at radius 3 is 2.62 bits per heavy atom. The van der Waals surface area contributed by atoms with Crippen molar-refractivity contribution in [3.8, 4) is 0 Å². The number of carbonyl (C=O) groups is 2. The summed E-state index contributed by atoms with van der Waals surface area (Å²) in [5, 5.41) is 11.5. The first-order chi connectivity index (χ1) is 12.1. The second-order valence-electron chi connectivity index (χ2n) is 7.90. The van der Waals surface area contributed by atoms with E-state index in [1.807, 2.05) is 4.90 Å². The Balaban J connectivity index is 2.18. The van der Waals surface area contributed by atoms with E-state index in [0.717, 1.165) is 25.9 Å². The van der Waals surface area contributed by atoms with E-state index in [4.69, 9.17) is 4.74 Å². The number of hydrogen-bond acceptors (Lipinski definition) is 6. The second-order valence-corrected chi connectivity index (χ2v) is 7.90. The number of nitrogens with zero attached hydrogens (tertiary/aromatic N) is 2. The molecule has 1 atom stereocenters. The maximum Gasteiger partial charge on any atom is 0.338 e. The number of nitro groups is 1. The Hall–Kier alpha value is -2.44. The normalized spacial score (nSPS) is 17.7. The van der Waals surface area contributed by atoms with Gasteiger partial charge in [0.05, 0.1) is 10.5 Å². The lowest BCUT2D eigenvalue weighted by Crippen LogP contribution is -2.34. The van der Waals surface area contributed by atoms with E-state index in [1.165, 1.54) is 12.1 Å². The number of Topliss-reactive ketones (excluding diaryl/α,β-unsaturated/α-hetero) is 1. The van der Waals surface area contributed by atoms with Crippen molar-refractivity contribution in [2.75, 3.05) is 24.6 Å². The average Bonchev–Trinajstić information content (AvgIpc) is 2.57. The zero-order valence-corrected chi connectivity index (χ0v) is 15.8. The molecule has 0 aromatic heterocycles. The van der Waals surface area contributed by atoms with Crippen LogP contribution in [0.2, 0.25) is 0 Å². The first kappa shape index (κ1) is 19.9. The van der Waals surface area contributed by atoms with E-state index in [2.05, 4.69) is 6.92 Å². The van der Waals surface area contributed by atoms with E-state index >= 15 is 0 Å². The van der Waals surface area contributed by atoms with Crippen LogP contribution in [-0.4, -0.2) is 36.4 Å². The van der Waals surface area contributed by atoms with Crippen LogP contribution in [0.25, 0.3) is 0 Å². The number of piperidine rings is 1. The number of hydrogen-bond donors (Lipinski definition) is 0. The lowest BCUT2D eigenvalue weighted by molar-refractivity contribution is -0.384. The van der Waals surface area contributed by atoms with Crippen molar-refractivity contribution in [3.63, 3.8) is 0 Å². The van der Waals surface area contributed by atoms with Crippen LogP contribution in [-0.2, 0) is 9.53 Å². The molecule has 1 aromatic carbocycles. The van der Waals surface area contributed by atoms with E-state index in [9.17, 15) is 19.7 Å². The molecule has 0 aliphatic carbocycles. The van der Waals surface area contributed by atoms with Crippen molar-refractivity contribution in [2.45, 2.75) is 40.5 Å². The van der Waals surface area contributed by atoms with Crippen molar-refractivity contribution < 1.29 is 19.2 Å². The number of esters is 1. The number of ketones is 1. The average molecular weight is 362 g/mol. The zero-order valence-electron chi connectivity index (χ0n) is 15.8. The van der Waals surface area contributed by atoms with Gasteiger partial charge in [-0.2, -0.15) is 0 Å². The molecular weight excluding hydrogens is 336 g/mol. The van der Waals surface area contributed by atoms with Crippen molar-refractivity contribution in [2.24, 2.45) is 11.3 Å². The van der Waals surface area contributed by atoms with E-state index in [0.29, 0.717) is 11.6 Å². The van der Waals surface area contributed by atoms with Gasteiger partial charge in [0.2, 0.25) is 0 Å². The fourth-order valence-electron chi connectivity index (χ4n) is 2.90. The minimum Gasteiger partial charge on any atom is -0.454 e. The summed E-state index contributed by atoms with van der Waals surface area (Å²) in [5.41, 5.74) is -0.132. The third-order valence-electron chi connectivity index (χ3n) is 4.58. The molecule has 1 fully saturated rings. The largest absolute Gasteiger partial charge is 0.454 e. The van der Waals surface area contributed by atoms with Crippen LogP contribution in [0.3, 0.4) is 0 Å². The summed E-state index contributed by atoms with van der Waals surface area (Å²) in [6, 6.07) is 4.35. The number of carbonyl (C=O) groups excluding carboxylic acids is 2. The van der Waals surface area contributed by atoms with Gasteiger partial charge < -0.3 is 9.64 Å². The van der Waals surface area contributed by atoms with Gasteiger partial charge in [-0.3, -0.25) is 14.9 Å². The van der Waals surface area contributed by atoms with Crippen LogP contribution in [0.15, 0.2) is 18.2 Å². The quantitative estimate of drug-likeness (QED) is 0.452. The molecule has 0 radical (unpaired) electrons. The van der Waals surface area contributed by atoms with Gasteiger partial charge >= 0.3 is 5.97 Å². The first-order valence-corrected chi connectivity index (χ1v) is 8.83. The topological polar surface area (TPSA) is 89.8 Å². The van der Waals surface area contributed by atoms with E-state index in [-0.39, 0.29) is 23.6 Å². The summed E-state index contributed by atoms with van der Waals surface area (Å²) in [4.78, 5) is 37.1. The van der Waals surface area contributed by atoms with Crippen molar-refractivity contribution in [1.29, 1.82) is 0 Å². The van der Waals surface area contributed by atoms with Gasteiger partial charge in [0.25, 0.3) is 5.69 Å². The molecule has 0 amide bonds. The molecule has 1 aliphatic rings. The third-order valence-corrected chi connectivity index (χ3v) is 4.58. The predicted molar refractivity (Wildman–Crippen MR) is 98.5 cm³/mol. The highest BCUT2D eigenvalue weighted by atomic mass is 16.6. The van der Waals surface area contributed by atoms with Gasteiger partial charge in [0, 0.05) is 24.6 Å². The third kappa shape index (κ3) is 4.80. The highest BCUT2D eigenvalue weighted by Crippen LogP contribution is 2.32. The molecule has 0 spiro atoms. The highest BCUT2D eigenvalue weighted by Gasteiger charge is 2.26. The molecule has 26 heavy (non-hydrogen) atoms. The SMILES string of the molecule is C[C@@H]1CCCN(c2ccc(C(=O)OCC(=O)C(C)(C)C)cc2[N+](=O)[O-])C1. The Labute approximate surface area is 153 Å². The molecule has 7 nitrogen and oxygen atoms in total. The summed E-state index contributed by atoms with van der Waals surface area (Å²) in [6.07, 6.45) is 2.09. The highest BCUT2D eigenvalue weighted by molar-refractivity contribution is 5.94. The molecule has 142 valence electrons. The number of benzene rings is 1. The number of nitro benzene ring substituents is 1. The number of ether oxygens (including phenoxy) is 1. The maximum atomic E-state index is 12.2. The van der Waals surface area contributed by atoms with Crippen LogP contribution in [0.5, 0.6) is 0 Å². The van der Waals surface area contributed by atoms with Gasteiger partial charge in [-0.1, -0.05) is 27.7 Å². The van der Waals surface area contributed by atoms with Crippen molar-refractivity contribution >= 4 is 23.1 Å². The van der Waals surface area contributed by atoms with Crippen LogP contribution >= 0.6 is 0 Å². The van der Waals surface area contributed by atoms with E-state index < -0.39 is 16.3 Å². The number of rotatable bonds is 5. The molecule has 0 bridgehead atoms. The standard InChI is InChI=1S/C19H26N2O5/c1-13-6-5-9-20(11-13)15-8-7-14(10-16(15)21(24)25)18(23)26-12-17(22)19(2,3)4/h7-8,10,13H,5-6,9,11-12H2,1-4H3/t13-/m1/s1. The van der Waals surface area contributed by atoms with Crippen LogP contribution in [0.1, 0.15) is 50.9 Å². The molecule has 0 unspecified atom stereocenters. The fourth-order valence-corrected chi connectivity index (χ4v) is 2.90. The summed E-state index contributed by atoms with van der Waals surface area (Å²) in [7, 11) is 0. The van der Waals surface area contributed by atoms with Crippen molar-refractivity contribution in [1.82, 2.24) is 0 Å². The summed E-state index contributed by atoms with van der Waals surface area (Å²) in [6.45, 7) is 8.50. The molecule has 0 saturated carbocycles. The lowest BCUT2D eigenvalue weighted by Gasteiger charge is -2.32. The first-order valence-electron chi connectivity index (χ1n) is 8.83. The summed E-state index contributed by atoms with van der Waals surface area (Å²) in [5.74, 6) is -0.472. The molecule has 1 aliphatic heterocycles. The Bertz CT molecular complexity index is 708. The van der Waals surface area contributed by atoms with Gasteiger partial charge in [0.15, 0.2) is 12.4 Å². The molecule has 2 rings (SSSR count). The molecule has 1 saturated heterocycles. The van der Waals surface area contributed by atoms with Crippen LogP contribution < -0.4 is 4.90 Å². The lowest BCUT2D eigenvalue weighted by atomic mass is 9.91. The monoisotopic (exact) mass is 362 g/mol. The Kier molecular flexibility index (Phi) is 6.00. The minimum atomic E-state index is -0.732.